The summed E-state index contributed by atoms with van der Waals surface area (Å²) < 4.78 is 10.6. The van der Waals surface area contributed by atoms with Gasteiger partial charge in [0.1, 0.15) is 11.5 Å². The first-order chi connectivity index (χ1) is 11.0. The first-order valence-corrected chi connectivity index (χ1v) is 7.60. The number of halogens is 1. The molecule has 0 aliphatic heterocycles. The smallest absolute Gasteiger partial charge is 0.254 e. The molecule has 0 fully saturated rings. The fourth-order valence-electron chi connectivity index (χ4n) is 2.40. The predicted molar refractivity (Wildman–Crippen MR) is 91.5 cm³/mol. The topological polar surface area (TPSA) is 38.8 Å². The Hall–Kier alpha value is -2.20. The van der Waals surface area contributed by atoms with Crippen LogP contribution < -0.4 is 9.47 Å². The predicted octanol–water partition coefficient (Wildman–Crippen LogP) is 4.19. The normalized spacial score (nSPS) is 11.7. The monoisotopic (exact) mass is 333 g/mol. The molecule has 0 saturated carbocycles. The van der Waals surface area contributed by atoms with Crippen molar-refractivity contribution in [1.29, 1.82) is 0 Å². The molecule has 2 aromatic rings. The van der Waals surface area contributed by atoms with Crippen molar-refractivity contribution in [3.63, 3.8) is 0 Å². The number of hydrogen-bond acceptors (Lipinski definition) is 3. The lowest BCUT2D eigenvalue weighted by atomic mass is 10.0. The third-order valence-corrected chi connectivity index (χ3v) is 4.06. The molecule has 0 N–H and O–H groups in total. The van der Waals surface area contributed by atoms with Gasteiger partial charge in [0.25, 0.3) is 5.91 Å². The van der Waals surface area contributed by atoms with Crippen LogP contribution in [0.15, 0.2) is 42.5 Å². The quantitative estimate of drug-likeness (QED) is 0.823. The molecule has 1 amide bonds. The molecule has 2 aromatic carbocycles. The summed E-state index contributed by atoms with van der Waals surface area (Å²) in [7, 11) is 4.92. The van der Waals surface area contributed by atoms with Crippen LogP contribution in [0.2, 0.25) is 5.02 Å². The van der Waals surface area contributed by atoms with Gasteiger partial charge >= 0.3 is 0 Å². The SMILES string of the molecule is COc1cc(Cl)cc(C(=O)N(C)[C@@H](C)c2ccccc2OC)c1. The zero-order valence-corrected chi connectivity index (χ0v) is 14.4. The standard InChI is InChI=1S/C18H20ClNO3/c1-12(16-7-5-6-8-17(16)23-4)20(2)18(21)13-9-14(19)11-15(10-13)22-3/h5-12H,1-4H3/t12-/m0/s1. The van der Waals surface area contributed by atoms with Gasteiger partial charge in [0.2, 0.25) is 0 Å². The van der Waals surface area contributed by atoms with E-state index in [0.717, 1.165) is 11.3 Å². The van der Waals surface area contributed by atoms with E-state index in [1.165, 1.54) is 0 Å². The van der Waals surface area contributed by atoms with E-state index in [2.05, 4.69) is 0 Å². The van der Waals surface area contributed by atoms with Gasteiger partial charge in [0.15, 0.2) is 0 Å². The fourth-order valence-corrected chi connectivity index (χ4v) is 2.63. The molecular formula is C18H20ClNO3. The Bertz CT molecular complexity index is 702. The number of carbonyl (C=O) groups excluding carboxylic acids is 1. The van der Waals surface area contributed by atoms with E-state index in [1.54, 1.807) is 44.4 Å². The second-order valence-corrected chi connectivity index (χ2v) is 5.65. The zero-order chi connectivity index (χ0) is 17.0. The largest absolute Gasteiger partial charge is 0.497 e. The Morgan fingerprint density at radius 2 is 1.83 bits per heavy atom. The van der Waals surface area contributed by atoms with Gasteiger partial charge in [-0.1, -0.05) is 29.8 Å². The highest BCUT2D eigenvalue weighted by molar-refractivity contribution is 6.31. The van der Waals surface area contributed by atoms with Crippen LogP contribution in [-0.4, -0.2) is 32.1 Å². The van der Waals surface area contributed by atoms with Gasteiger partial charge in [-0.2, -0.15) is 0 Å². The van der Waals surface area contributed by atoms with Crippen LogP contribution in [0.3, 0.4) is 0 Å². The molecule has 1 atom stereocenters. The minimum atomic E-state index is -0.149. The van der Waals surface area contributed by atoms with E-state index in [4.69, 9.17) is 21.1 Å². The Labute approximate surface area is 141 Å². The summed E-state index contributed by atoms with van der Waals surface area (Å²) in [6.45, 7) is 1.96. The minimum Gasteiger partial charge on any atom is -0.497 e. The van der Waals surface area contributed by atoms with Crippen LogP contribution in [0.4, 0.5) is 0 Å². The van der Waals surface area contributed by atoms with Crippen molar-refractivity contribution >= 4 is 17.5 Å². The van der Waals surface area contributed by atoms with Gasteiger partial charge in [0, 0.05) is 23.2 Å². The summed E-state index contributed by atoms with van der Waals surface area (Å²) in [5, 5.41) is 0.464. The summed E-state index contributed by atoms with van der Waals surface area (Å²) in [4.78, 5) is 14.4. The molecule has 0 unspecified atom stereocenters. The molecule has 0 heterocycles. The van der Waals surface area contributed by atoms with Crippen LogP contribution in [0.5, 0.6) is 11.5 Å². The molecule has 23 heavy (non-hydrogen) atoms. The number of nitrogens with zero attached hydrogens (tertiary/aromatic N) is 1. The lowest BCUT2D eigenvalue weighted by molar-refractivity contribution is 0.0740. The average molecular weight is 334 g/mol. The van der Waals surface area contributed by atoms with Crippen molar-refractivity contribution in [1.82, 2.24) is 4.90 Å². The average Bonchev–Trinajstić information content (AvgIpc) is 2.59. The van der Waals surface area contributed by atoms with Gasteiger partial charge < -0.3 is 14.4 Å². The van der Waals surface area contributed by atoms with E-state index in [1.807, 2.05) is 31.2 Å². The number of ether oxygens (including phenoxy) is 2. The van der Waals surface area contributed by atoms with Crippen LogP contribution in [0.1, 0.15) is 28.9 Å². The number of amides is 1. The second-order valence-electron chi connectivity index (χ2n) is 5.21. The number of hydrogen-bond donors (Lipinski definition) is 0. The van der Waals surface area contributed by atoms with Crippen molar-refractivity contribution < 1.29 is 14.3 Å². The molecule has 0 saturated heterocycles. The van der Waals surface area contributed by atoms with Crippen LogP contribution >= 0.6 is 11.6 Å². The fraction of sp³-hybridized carbons (Fsp3) is 0.278. The van der Waals surface area contributed by atoms with E-state index < -0.39 is 0 Å². The van der Waals surface area contributed by atoms with E-state index >= 15 is 0 Å². The maximum atomic E-state index is 12.8. The lowest BCUT2D eigenvalue weighted by Gasteiger charge is -2.27. The van der Waals surface area contributed by atoms with E-state index in [-0.39, 0.29) is 11.9 Å². The summed E-state index contributed by atoms with van der Waals surface area (Å²) in [6, 6.07) is 12.5. The van der Waals surface area contributed by atoms with Crippen molar-refractivity contribution in [2.24, 2.45) is 0 Å². The van der Waals surface area contributed by atoms with Gasteiger partial charge in [-0.15, -0.1) is 0 Å². The van der Waals surface area contributed by atoms with Gasteiger partial charge in [-0.25, -0.2) is 0 Å². The van der Waals surface area contributed by atoms with Crippen LogP contribution in [0, 0.1) is 0 Å². The van der Waals surface area contributed by atoms with Crippen LogP contribution in [0.25, 0.3) is 0 Å². The van der Waals surface area contributed by atoms with Gasteiger partial charge in [-0.3, -0.25) is 4.79 Å². The highest BCUT2D eigenvalue weighted by atomic mass is 35.5. The molecule has 0 aliphatic carbocycles. The maximum absolute atomic E-state index is 12.8. The third-order valence-electron chi connectivity index (χ3n) is 3.84. The molecule has 0 aliphatic rings. The minimum absolute atomic E-state index is 0.135. The Balaban J connectivity index is 2.30. The molecule has 4 nitrogen and oxygen atoms in total. The molecule has 122 valence electrons. The summed E-state index contributed by atoms with van der Waals surface area (Å²) in [5.74, 6) is 1.17. The number of carbonyl (C=O) groups is 1. The molecule has 0 spiro atoms. The molecular weight excluding hydrogens is 314 g/mol. The van der Waals surface area contributed by atoms with Crippen molar-refractivity contribution in [2.75, 3.05) is 21.3 Å². The van der Waals surface area contributed by atoms with E-state index in [9.17, 15) is 4.79 Å². The maximum Gasteiger partial charge on any atom is 0.254 e. The van der Waals surface area contributed by atoms with Crippen molar-refractivity contribution in [2.45, 2.75) is 13.0 Å². The van der Waals surface area contributed by atoms with Crippen LogP contribution in [-0.2, 0) is 0 Å². The summed E-state index contributed by atoms with van der Waals surface area (Å²) >= 11 is 6.05. The number of rotatable bonds is 5. The second kappa shape index (κ2) is 7.38. The summed E-state index contributed by atoms with van der Waals surface area (Å²) in [5.41, 5.74) is 1.43. The Kier molecular flexibility index (Phi) is 5.50. The Morgan fingerprint density at radius 3 is 2.48 bits per heavy atom. The molecule has 0 bridgehead atoms. The third kappa shape index (κ3) is 3.77. The number of benzene rings is 2. The molecule has 5 heteroatoms. The Morgan fingerprint density at radius 1 is 1.13 bits per heavy atom. The molecule has 2 rings (SSSR count). The first-order valence-electron chi connectivity index (χ1n) is 7.22. The van der Waals surface area contributed by atoms with Crippen molar-refractivity contribution in [3.8, 4) is 11.5 Å². The molecule has 0 radical (unpaired) electrons. The number of methoxy groups -OCH3 is 2. The number of para-hydroxylation sites is 1. The first kappa shape index (κ1) is 17.2. The highest BCUT2D eigenvalue weighted by Crippen LogP contribution is 2.30. The van der Waals surface area contributed by atoms with Gasteiger partial charge in [-0.05, 0) is 31.2 Å². The lowest BCUT2D eigenvalue weighted by Crippen LogP contribution is -2.29. The summed E-state index contributed by atoms with van der Waals surface area (Å²) in [6.07, 6.45) is 0. The highest BCUT2D eigenvalue weighted by Gasteiger charge is 2.22. The van der Waals surface area contributed by atoms with Crippen molar-refractivity contribution in [3.05, 3.63) is 58.6 Å². The van der Waals surface area contributed by atoms with E-state index in [0.29, 0.717) is 16.3 Å². The zero-order valence-electron chi connectivity index (χ0n) is 13.7. The molecule has 0 aromatic heterocycles. The van der Waals surface area contributed by atoms with Gasteiger partial charge in [0.05, 0.1) is 20.3 Å².